The van der Waals surface area contributed by atoms with Crippen LogP contribution in [0, 0.1) is 0 Å². The number of rotatable bonds is 5. The fourth-order valence-electron chi connectivity index (χ4n) is 1.27. The molecule has 0 unspecified atom stereocenters. The largest absolute Gasteiger partial charge is 0.350 e. The van der Waals surface area contributed by atoms with Crippen LogP contribution in [0.2, 0.25) is 0 Å². The van der Waals surface area contributed by atoms with Crippen molar-refractivity contribution in [2.75, 3.05) is 19.6 Å². The Bertz CT molecular complexity index is 365. The van der Waals surface area contributed by atoms with E-state index >= 15 is 0 Å². The lowest BCUT2D eigenvalue weighted by atomic mass is 10.2. The van der Waals surface area contributed by atoms with Gasteiger partial charge in [-0.3, -0.25) is 4.79 Å². The minimum absolute atomic E-state index is 0.136. The predicted octanol–water partition coefficient (Wildman–Crippen LogP) is 0.735. The Kier molecular flexibility index (Phi) is 5.57. The summed E-state index contributed by atoms with van der Waals surface area (Å²) < 4.78 is 0. The van der Waals surface area contributed by atoms with Gasteiger partial charge < -0.3 is 16.0 Å². The van der Waals surface area contributed by atoms with Crippen LogP contribution in [-0.4, -0.2) is 31.6 Å². The molecular formula is C12H17N3O2. The summed E-state index contributed by atoms with van der Waals surface area (Å²) in [6, 6.07) is 8.73. The van der Waals surface area contributed by atoms with Crippen molar-refractivity contribution in [3.63, 3.8) is 0 Å². The second-order valence-electron chi connectivity index (χ2n) is 3.41. The van der Waals surface area contributed by atoms with Gasteiger partial charge in [0.15, 0.2) is 0 Å². The maximum absolute atomic E-state index is 11.6. The molecule has 1 rings (SSSR count). The molecule has 0 saturated carbocycles. The van der Waals surface area contributed by atoms with Crippen LogP contribution in [0.1, 0.15) is 17.3 Å². The van der Waals surface area contributed by atoms with E-state index < -0.39 is 0 Å². The van der Waals surface area contributed by atoms with E-state index in [2.05, 4.69) is 16.0 Å². The molecule has 0 aliphatic heterocycles. The van der Waals surface area contributed by atoms with Crippen molar-refractivity contribution in [1.82, 2.24) is 16.0 Å². The van der Waals surface area contributed by atoms with Crippen LogP contribution in [0.25, 0.3) is 0 Å². The third kappa shape index (κ3) is 5.01. The Morgan fingerprint density at radius 3 is 2.29 bits per heavy atom. The summed E-state index contributed by atoms with van der Waals surface area (Å²) in [5.74, 6) is -0.136. The highest BCUT2D eigenvalue weighted by Gasteiger charge is 2.03. The van der Waals surface area contributed by atoms with Gasteiger partial charge in [-0.2, -0.15) is 0 Å². The Morgan fingerprint density at radius 2 is 1.65 bits per heavy atom. The molecule has 0 aliphatic rings. The molecule has 0 aromatic heterocycles. The van der Waals surface area contributed by atoms with E-state index in [0.717, 1.165) is 0 Å². The molecule has 17 heavy (non-hydrogen) atoms. The standard InChI is InChI=1S/C12H17N3O2/c1-2-13-12(17)15-9-8-14-11(16)10-6-4-3-5-7-10/h3-7H,2,8-9H2,1H3,(H,14,16)(H2,13,15,17). The van der Waals surface area contributed by atoms with E-state index in [-0.39, 0.29) is 11.9 Å². The van der Waals surface area contributed by atoms with E-state index in [4.69, 9.17) is 0 Å². The first-order valence-corrected chi connectivity index (χ1v) is 5.59. The normalized spacial score (nSPS) is 9.47. The number of hydrogen-bond acceptors (Lipinski definition) is 2. The summed E-state index contributed by atoms with van der Waals surface area (Å²) in [5, 5.41) is 7.94. The van der Waals surface area contributed by atoms with Gasteiger partial charge in [-0.25, -0.2) is 4.79 Å². The third-order valence-electron chi connectivity index (χ3n) is 2.07. The Labute approximate surface area is 101 Å². The zero-order valence-electron chi connectivity index (χ0n) is 9.82. The van der Waals surface area contributed by atoms with Crippen molar-refractivity contribution in [2.45, 2.75) is 6.92 Å². The average molecular weight is 235 g/mol. The summed E-state index contributed by atoms with van der Waals surface area (Å²) in [6.07, 6.45) is 0. The van der Waals surface area contributed by atoms with Crippen LogP contribution in [-0.2, 0) is 0 Å². The molecule has 0 fully saturated rings. The molecule has 0 saturated heterocycles. The van der Waals surface area contributed by atoms with Crippen LogP contribution in [0.4, 0.5) is 4.79 Å². The zero-order chi connectivity index (χ0) is 12.5. The Morgan fingerprint density at radius 1 is 1.00 bits per heavy atom. The number of benzene rings is 1. The molecular weight excluding hydrogens is 218 g/mol. The first-order valence-electron chi connectivity index (χ1n) is 5.59. The van der Waals surface area contributed by atoms with Gasteiger partial charge in [0.25, 0.3) is 5.91 Å². The lowest BCUT2D eigenvalue weighted by molar-refractivity contribution is 0.0954. The fourth-order valence-corrected chi connectivity index (χ4v) is 1.27. The molecule has 5 heteroatoms. The van der Waals surface area contributed by atoms with Crippen LogP contribution in [0.15, 0.2) is 30.3 Å². The van der Waals surface area contributed by atoms with E-state index in [9.17, 15) is 9.59 Å². The topological polar surface area (TPSA) is 70.2 Å². The van der Waals surface area contributed by atoms with E-state index in [1.165, 1.54) is 0 Å². The predicted molar refractivity (Wildman–Crippen MR) is 65.9 cm³/mol. The molecule has 1 aromatic carbocycles. The number of amides is 3. The van der Waals surface area contributed by atoms with Crippen LogP contribution in [0.5, 0.6) is 0 Å². The van der Waals surface area contributed by atoms with Gasteiger partial charge in [-0.05, 0) is 19.1 Å². The van der Waals surface area contributed by atoms with Crippen LogP contribution in [0.3, 0.4) is 0 Å². The third-order valence-corrected chi connectivity index (χ3v) is 2.07. The summed E-state index contributed by atoms with van der Waals surface area (Å²) in [7, 11) is 0. The van der Waals surface area contributed by atoms with E-state index in [1.54, 1.807) is 12.1 Å². The first kappa shape index (κ1) is 13.0. The highest BCUT2D eigenvalue weighted by atomic mass is 16.2. The smallest absolute Gasteiger partial charge is 0.314 e. The molecule has 3 amide bonds. The number of carbonyl (C=O) groups excluding carboxylic acids is 2. The highest BCUT2D eigenvalue weighted by Crippen LogP contribution is 1.96. The van der Waals surface area contributed by atoms with E-state index in [1.807, 2.05) is 25.1 Å². The molecule has 0 atom stereocenters. The second-order valence-corrected chi connectivity index (χ2v) is 3.41. The molecule has 0 heterocycles. The fraction of sp³-hybridized carbons (Fsp3) is 0.333. The van der Waals surface area contributed by atoms with Crippen molar-refractivity contribution in [2.24, 2.45) is 0 Å². The van der Waals surface area contributed by atoms with Gasteiger partial charge >= 0.3 is 6.03 Å². The summed E-state index contributed by atoms with van der Waals surface area (Å²) >= 11 is 0. The second kappa shape index (κ2) is 7.27. The summed E-state index contributed by atoms with van der Waals surface area (Å²) in [6.45, 7) is 3.24. The number of nitrogens with one attached hydrogen (secondary N) is 3. The summed E-state index contributed by atoms with van der Waals surface area (Å²) in [4.78, 5) is 22.6. The minimum Gasteiger partial charge on any atom is -0.350 e. The Hall–Kier alpha value is -2.04. The maximum Gasteiger partial charge on any atom is 0.314 e. The first-order chi connectivity index (χ1) is 8.24. The van der Waals surface area contributed by atoms with Gasteiger partial charge in [-0.1, -0.05) is 18.2 Å². The summed E-state index contributed by atoms with van der Waals surface area (Å²) in [5.41, 5.74) is 0.616. The average Bonchev–Trinajstić information content (AvgIpc) is 2.36. The van der Waals surface area contributed by atoms with Crippen molar-refractivity contribution < 1.29 is 9.59 Å². The molecule has 0 radical (unpaired) electrons. The number of carbonyl (C=O) groups is 2. The van der Waals surface area contributed by atoms with Crippen molar-refractivity contribution in [3.8, 4) is 0 Å². The molecule has 3 N–H and O–H groups in total. The van der Waals surface area contributed by atoms with Crippen LogP contribution >= 0.6 is 0 Å². The van der Waals surface area contributed by atoms with Crippen molar-refractivity contribution >= 4 is 11.9 Å². The SMILES string of the molecule is CCNC(=O)NCCNC(=O)c1ccccc1. The molecule has 1 aromatic rings. The monoisotopic (exact) mass is 235 g/mol. The van der Waals surface area contributed by atoms with Crippen LogP contribution < -0.4 is 16.0 Å². The molecule has 0 bridgehead atoms. The highest BCUT2D eigenvalue weighted by molar-refractivity contribution is 5.94. The van der Waals surface area contributed by atoms with Gasteiger partial charge in [0.1, 0.15) is 0 Å². The minimum atomic E-state index is -0.221. The van der Waals surface area contributed by atoms with E-state index in [0.29, 0.717) is 25.2 Å². The van der Waals surface area contributed by atoms with Crippen molar-refractivity contribution in [1.29, 1.82) is 0 Å². The van der Waals surface area contributed by atoms with Gasteiger partial charge in [-0.15, -0.1) is 0 Å². The zero-order valence-corrected chi connectivity index (χ0v) is 9.82. The maximum atomic E-state index is 11.6. The lowest BCUT2D eigenvalue weighted by Gasteiger charge is -2.07. The molecule has 0 aliphatic carbocycles. The molecule has 5 nitrogen and oxygen atoms in total. The number of hydrogen-bond donors (Lipinski definition) is 3. The molecule has 92 valence electrons. The van der Waals surface area contributed by atoms with Gasteiger partial charge in [0.05, 0.1) is 0 Å². The molecule has 0 spiro atoms. The van der Waals surface area contributed by atoms with Gasteiger partial charge in [0.2, 0.25) is 0 Å². The Balaban J connectivity index is 2.19. The van der Waals surface area contributed by atoms with Crippen molar-refractivity contribution in [3.05, 3.63) is 35.9 Å². The quantitative estimate of drug-likeness (QED) is 0.659. The lowest BCUT2D eigenvalue weighted by Crippen LogP contribution is -2.40. The van der Waals surface area contributed by atoms with Gasteiger partial charge in [0, 0.05) is 25.2 Å². The number of urea groups is 1.